The van der Waals surface area contributed by atoms with Gasteiger partial charge in [-0.3, -0.25) is 4.79 Å². The molecule has 0 amide bonds. The van der Waals surface area contributed by atoms with Gasteiger partial charge < -0.3 is 9.26 Å². The molecule has 0 N–H and O–H groups in total. The number of halogens is 3. The summed E-state index contributed by atoms with van der Waals surface area (Å²) in [5.74, 6) is -0.0489. The predicted octanol–water partition coefficient (Wildman–Crippen LogP) is 3.39. The molecule has 106 valence electrons. The van der Waals surface area contributed by atoms with Gasteiger partial charge in [0.15, 0.2) is 5.76 Å². The Balaban J connectivity index is 2.24. The number of aromatic nitrogens is 1. The molecule has 0 radical (unpaired) electrons. The zero-order valence-corrected chi connectivity index (χ0v) is 10.4. The molecule has 0 unspecified atom stereocenters. The number of carbonyl (C=O) groups is 1. The summed E-state index contributed by atoms with van der Waals surface area (Å²) in [7, 11) is 0. The van der Waals surface area contributed by atoms with Gasteiger partial charge >= 0.3 is 6.18 Å². The Labute approximate surface area is 112 Å². The van der Waals surface area contributed by atoms with Gasteiger partial charge in [-0.1, -0.05) is 5.16 Å². The summed E-state index contributed by atoms with van der Waals surface area (Å²) in [4.78, 5) is 10.5. The fourth-order valence-corrected chi connectivity index (χ4v) is 1.60. The van der Waals surface area contributed by atoms with E-state index in [0.717, 1.165) is 12.1 Å². The highest BCUT2D eigenvalue weighted by Crippen LogP contribution is 2.37. The van der Waals surface area contributed by atoms with Crippen molar-refractivity contribution < 1.29 is 27.2 Å². The minimum atomic E-state index is -4.61. The Morgan fingerprint density at radius 2 is 2.10 bits per heavy atom. The van der Waals surface area contributed by atoms with Gasteiger partial charge in [-0.25, -0.2) is 0 Å². The van der Waals surface area contributed by atoms with Crippen LogP contribution in [0.25, 0.3) is 0 Å². The van der Waals surface area contributed by atoms with E-state index in [1.807, 2.05) is 0 Å². The number of alkyl halides is 3. The molecule has 0 saturated heterocycles. The second-order valence-electron chi connectivity index (χ2n) is 4.09. The smallest absolute Gasteiger partial charge is 0.419 e. The number of benzene rings is 1. The maximum atomic E-state index is 12.9. The summed E-state index contributed by atoms with van der Waals surface area (Å²) >= 11 is 0. The molecule has 0 aliphatic carbocycles. The molecule has 2 rings (SSSR count). The van der Waals surface area contributed by atoms with E-state index in [2.05, 4.69) is 5.16 Å². The molecule has 0 aliphatic heterocycles. The van der Waals surface area contributed by atoms with Crippen molar-refractivity contribution in [1.82, 2.24) is 5.16 Å². The monoisotopic (exact) mass is 285 g/mol. The fraction of sp³-hybridized carbons (Fsp3) is 0.231. The molecule has 20 heavy (non-hydrogen) atoms. The first kappa shape index (κ1) is 14.1. The zero-order chi connectivity index (χ0) is 14.8. The van der Waals surface area contributed by atoms with Crippen molar-refractivity contribution >= 4 is 6.29 Å². The second-order valence-corrected chi connectivity index (χ2v) is 4.09. The highest BCUT2D eigenvalue weighted by atomic mass is 19.4. The van der Waals surface area contributed by atoms with Crippen LogP contribution in [0.1, 0.15) is 27.4 Å². The number of carbonyl (C=O) groups excluding carboxylic acids is 1. The van der Waals surface area contributed by atoms with E-state index in [1.165, 1.54) is 6.07 Å². The molecule has 7 heteroatoms. The first-order valence-corrected chi connectivity index (χ1v) is 5.61. The summed E-state index contributed by atoms with van der Waals surface area (Å²) in [6.45, 7) is 1.51. The van der Waals surface area contributed by atoms with E-state index in [0.29, 0.717) is 17.7 Å². The third-order valence-electron chi connectivity index (χ3n) is 2.49. The third-order valence-corrected chi connectivity index (χ3v) is 2.49. The van der Waals surface area contributed by atoms with Gasteiger partial charge in [-0.05, 0) is 25.1 Å². The Hall–Kier alpha value is -2.31. The first-order valence-electron chi connectivity index (χ1n) is 5.61. The lowest BCUT2D eigenvalue weighted by Crippen LogP contribution is -2.09. The topological polar surface area (TPSA) is 52.3 Å². The summed E-state index contributed by atoms with van der Waals surface area (Å²) in [5, 5.41) is 3.60. The third kappa shape index (κ3) is 3.17. The average molecular weight is 285 g/mol. The SMILES string of the molecule is Cc1cc(COc2ccc(C=O)cc2C(F)(F)F)on1. The van der Waals surface area contributed by atoms with E-state index in [1.54, 1.807) is 13.0 Å². The number of nitrogens with zero attached hydrogens (tertiary/aromatic N) is 1. The Bertz CT molecular complexity index is 620. The predicted molar refractivity (Wildman–Crippen MR) is 62.4 cm³/mol. The van der Waals surface area contributed by atoms with Crippen molar-refractivity contribution in [3.63, 3.8) is 0 Å². The maximum absolute atomic E-state index is 12.9. The molecule has 0 bridgehead atoms. The number of hydrogen-bond acceptors (Lipinski definition) is 4. The quantitative estimate of drug-likeness (QED) is 0.808. The molecule has 0 fully saturated rings. The van der Waals surface area contributed by atoms with Crippen LogP contribution in [0.2, 0.25) is 0 Å². The molecular weight excluding hydrogens is 275 g/mol. The molecule has 4 nitrogen and oxygen atoms in total. The lowest BCUT2D eigenvalue weighted by molar-refractivity contribution is -0.139. The average Bonchev–Trinajstić information content (AvgIpc) is 2.81. The summed E-state index contributed by atoms with van der Waals surface area (Å²) < 4.78 is 48.5. The van der Waals surface area contributed by atoms with Crippen LogP contribution in [0.5, 0.6) is 5.75 Å². The van der Waals surface area contributed by atoms with Crippen LogP contribution >= 0.6 is 0 Å². The molecule has 0 spiro atoms. The first-order chi connectivity index (χ1) is 9.40. The molecule has 0 aliphatic rings. The maximum Gasteiger partial charge on any atom is 0.419 e. The number of aldehydes is 1. The van der Waals surface area contributed by atoms with Crippen molar-refractivity contribution in [2.75, 3.05) is 0 Å². The Morgan fingerprint density at radius 3 is 2.65 bits per heavy atom. The number of ether oxygens (including phenoxy) is 1. The van der Waals surface area contributed by atoms with Crippen molar-refractivity contribution in [2.24, 2.45) is 0 Å². The van der Waals surface area contributed by atoms with Crippen LogP contribution in [-0.2, 0) is 12.8 Å². The van der Waals surface area contributed by atoms with Crippen LogP contribution in [0.4, 0.5) is 13.2 Å². The van der Waals surface area contributed by atoms with Crippen molar-refractivity contribution in [3.8, 4) is 5.75 Å². The van der Waals surface area contributed by atoms with E-state index < -0.39 is 11.7 Å². The summed E-state index contributed by atoms with van der Waals surface area (Å²) in [6.07, 6.45) is -4.26. The second kappa shape index (κ2) is 5.36. The van der Waals surface area contributed by atoms with Crippen molar-refractivity contribution in [3.05, 3.63) is 46.8 Å². The lowest BCUT2D eigenvalue weighted by atomic mass is 10.1. The van der Waals surface area contributed by atoms with E-state index in [-0.39, 0.29) is 17.9 Å². The van der Waals surface area contributed by atoms with Crippen molar-refractivity contribution in [2.45, 2.75) is 19.7 Å². The Morgan fingerprint density at radius 1 is 1.35 bits per heavy atom. The van der Waals surface area contributed by atoms with Crippen LogP contribution in [0.15, 0.2) is 28.8 Å². The van der Waals surface area contributed by atoms with E-state index in [9.17, 15) is 18.0 Å². The van der Waals surface area contributed by atoms with Gasteiger partial charge in [0.1, 0.15) is 18.6 Å². The summed E-state index contributed by atoms with van der Waals surface area (Å²) in [5.41, 5.74) is -0.463. The molecule has 1 aromatic heterocycles. The highest BCUT2D eigenvalue weighted by molar-refractivity contribution is 5.75. The van der Waals surface area contributed by atoms with Gasteiger partial charge in [0.05, 0.1) is 11.3 Å². The summed E-state index contributed by atoms with van der Waals surface area (Å²) in [6, 6.07) is 4.67. The van der Waals surface area contributed by atoms with Crippen LogP contribution < -0.4 is 4.74 Å². The molecular formula is C13H10F3NO3. The van der Waals surface area contributed by atoms with Gasteiger partial charge in [0.25, 0.3) is 0 Å². The van der Waals surface area contributed by atoms with E-state index in [4.69, 9.17) is 9.26 Å². The minimum Gasteiger partial charge on any atom is -0.485 e. The molecule has 2 aromatic rings. The van der Waals surface area contributed by atoms with Crippen LogP contribution in [0, 0.1) is 6.92 Å². The molecule has 0 atom stereocenters. The zero-order valence-electron chi connectivity index (χ0n) is 10.4. The van der Waals surface area contributed by atoms with Gasteiger partial charge in [0, 0.05) is 11.6 Å². The van der Waals surface area contributed by atoms with Gasteiger partial charge in [0.2, 0.25) is 0 Å². The molecule has 1 aromatic carbocycles. The van der Waals surface area contributed by atoms with Crippen LogP contribution in [0.3, 0.4) is 0 Å². The number of hydrogen-bond donors (Lipinski definition) is 0. The Kier molecular flexibility index (Phi) is 3.78. The standard InChI is InChI=1S/C13H10F3NO3/c1-8-4-10(20-17-8)7-19-12-3-2-9(6-18)5-11(12)13(14,15)16/h2-6H,7H2,1H3. The van der Waals surface area contributed by atoms with E-state index >= 15 is 0 Å². The fourth-order valence-electron chi connectivity index (χ4n) is 1.60. The van der Waals surface area contributed by atoms with Gasteiger partial charge in [-0.2, -0.15) is 13.2 Å². The van der Waals surface area contributed by atoms with Gasteiger partial charge in [-0.15, -0.1) is 0 Å². The number of aryl methyl sites for hydroxylation is 1. The highest BCUT2D eigenvalue weighted by Gasteiger charge is 2.34. The van der Waals surface area contributed by atoms with Crippen LogP contribution in [-0.4, -0.2) is 11.4 Å². The lowest BCUT2D eigenvalue weighted by Gasteiger charge is -2.13. The largest absolute Gasteiger partial charge is 0.485 e. The minimum absolute atomic E-state index is 0.0693. The normalized spacial score (nSPS) is 11.4. The molecule has 0 saturated carbocycles. The van der Waals surface area contributed by atoms with Crippen molar-refractivity contribution in [1.29, 1.82) is 0 Å². The number of rotatable bonds is 4. The molecule has 1 heterocycles.